The molecule has 0 amide bonds. The van der Waals surface area contributed by atoms with E-state index in [1.54, 1.807) is 13.2 Å². The Morgan fingerprint density at radius 1 is 1.07 bits per heavy atom. The molecule has 2 N–H and O–H groups in total. The van der Waals surface area contributed by atoms with Gasteiger partial charge in [-0.05, 0) is 36.2 Å². The molecule has 0 fully saturated rings. The minimum Gasteiger partial charge on any atom is -0.403 e. The van der Waals surface area contributed by atoms with Crippen molar-refractivity contribution in [2.75, 3.05) is 30.9 Å². The summed E-state index contributed by atoms with van der Waals surface area (Å²) in [5.41, 5.74) is 0.591. The van der Waals surface area contributed by atoms with Crippen molar-refractivity contribution in [2.45, 2.75) is 13.3 Å². The quantitative estimate of drug-likeness (QED) is 0.549. The van der Waals surface area contributed by atoms with Gasteiger partial charge in [0.1, 0.15) is 5.82 Å². The molecule has 0 bridgehead atoms. The number of methoxy groups -OCH3 is 1. The number of hydrogen-bond acceptors (Lipinski definition) is 6. The predicted octanol–water partition coefficient (Wildman–Crippen LogP) is 4.52. The Balaban J connectivity index is 1.94. The summed E-state index contributed by atoms with van der Waals surface area (Å²) in [4.78, 5) is 0. The van der Waals surface area contributed by atoms with Crippen molar-refractivity contribution in [2.24, 2.45) is 0 Å². The summed E-state index contributed by atoms with van der Waals surface area (Å²) in [5, 5.41) is 13.1. The normalized spacial score (nSPS) is 10.9. The lowest BCUT2D eigenvalue weighted by molar-refractivity contribution is 0.210. The molecule has 0 aliphatic carbocycles. The number of benzene rings is 2. The molecule has 6 nitrogen and oxygen atoms in total. The molecule has 148 valence electrons. The predicted molar refractivity (Wildman–Crippen MR) is 99.1 cm³/mol. The first-order valence-corrected chi connectivity index (χ1v) is 8.63. The molecule has 3 rings (SSSR count). The first kappa shape index (κ1) is 19.7. The lowest BCUT2D eigenvalue weighted by Crippen LogP contribution is -2.07. The van der Waals surface area contributed by atoms with E-state index in [2.05, 4.69) is 20.8 Å². The van der Waals surface area contributed by atoms with E-state index in [1.165, 1.54) is 18.2 Å². The molecule has 2 aromatic carbocycles. The van der Waals surface area contributed by atoms with Gasteiger partial charge in [0.2, 0.25) is 0 Å². The van der Waals surface area contributed by atoms with E-state index in [0.717, 1.165) is 11.6 Å². The molecule has 0 atom stereocenters. The van der Waals surface area contributed by atoms with E-state index >= 15 is 0 Å². The van der Waals surface area contributed by atoms with E-state index in [4.69, 9.17) is 9.15 Å². The van der Waals surface area contributed by atoms with Crippen LogP contribution in [-0.2, 0) is 11.2 Å². The number of aromatic nitrogens is 2. The van der Waals surface area contributed by atoms with Crippen molar-refractivity contribution in [1.82, 2.24) is 10.2 Å². The summed E-state index contributed by atoms with van der Waals surface area (Å²) >= 11 is 0. The zero-order valence-electron chi connectivity index (χ0n) is 15.4. The molecule has 9 heteroatoms. The molecule has 0 radical (unpaired) electrons. The highest BCUT2D eigenvalue weighted by molar-refractivity contribution is 5.78. The first-order valence-electron chi connectivity index (χ1n) is 8.63. The summed E-state index contributed by atoms with van der Waals surface area (Å²) in [5.74, 6) is -2.90. The Bertz CT molecular complexity index is 962. The van der Waals surface area contributed by atoms with E-state index in [-0.39, 0.29) is 28.8 Å². The van der Waals surface area contributed by atoms with Gasteiger partial charge in [-0.2, -0.15) is 0 Å². The van der Waals surface area contributed by atoms with Gasteiger partial charge in [-0.3, -0.25) is 0 Å². The molecule has 0 spiro atoms. The standard InChI is InChI=1S/C19H19F3N4O2/c1-3-11-4-7-15(14(21)10-11)24-17-12(5-6-13(20)16(17)22)18-25-26-19(28-18)23-8-9-27-2/h4-7,10,24H,3,8-9H2,1-2H3,(H,23,26). The molecular formula is C19H19F3N4O2. The second-order valence-corrected chi connectivity index (χ2v) is 5.91. The summed E-state index contributed by atoms with van der Waals surface area (Å²) in [6.07, 6.45) is 0.650. The van der Waals surface area contributed by atoms with E-state index in [1.807, 2.05) is 6.92 Å². The number of nitrogens with one attached hydrogen (secondary N) is 2. The maximum Gasteiger partial charge on any atom is 0.315 e. The van der Waals surface area contributed by atoms with Crippen molar-refractivity contribution >= 4 is 17.4 Å². The largest absolute Gasteiger partial charge is 0.403 e. The smallest absolute Gasteiger partial charge is 0.315 e. The SMILES string of the molecule is CCc1ccc(Nc2c(-c3nnc(NCCOC)o3)ccc(F)c2F)c(F)c1. The van der Waals surface area contributed by atoms with Gasteiger partial charge in [-0.25, -0.2) is 13.2 Å². The molecule has 0 unspecified atom stereocenters. The number of aryl methyl sites for hydroxylation is 1. The fraction of sp³-hybridized carbons (Fsp3) is 0.263. The molecule has 28 heavy (non-hydrogen) atoms. The summed E-state index contributed by atoms with van der Waals surface area (Å²) < 4.78 is 53.0. The van der Waals surface area contributed by atoms with E-state index in [0.29, 0.717) is 19.6 Å². The topological polar surface area (TPSA) is 72.2 Å². The molecule has 0 aliphatic heterocycles. The van der Waals surface area contributed by atoms with Crippen LogP contribution in [0.1, 0.15) is 12.5 Å². The molecule has 1 heterocycles. The number of nitrogens with zero attached hydrogens (tertiary/aromatic N) is 2. The average Bonchev–Trinajstić information content (AvgIpc) is 3.15. The van der Waals surface area contributed by atoms with Crippen LogP contribution in [0, 0.1) is 17.5 Å². The first-order chi connectivity index (χ1) is 13.5. The molecule has 0 saturated heterocycles. The number of hydrogen-bond donors (Lipinski definition) is 2. The van der Waals surface area contributed by atoms with Crippen molar-refractivity contribution in [1.29, 1.82) is 0 Å². The highest BCUT2D eigenvalue weighted by Gasteiger charge is 2.20. The maximum atomic E-state index is 14.5. The third kappa shape index (κ3) is 4.25. The van der Waals surface area contributed by atoms with Crippen LogP contribution in [0.25, 0.3) is 11.5 Å². The lowest BCUT2D eigenvalue weighted by atomic mass is 10.1. The Kier molecular flexibility index (Phi) is 6.15. The van der Waals surface area contributed by atoms with Crippen molar-refractivity contribution in [3.8, 4) is 11.5 Å². The summed E-state index contributed by atoms with van der Waals surface area (Å²) in [6, 6.07) is 6.83. The zero-order valence-corrected chi connectivity index (χ0v) is 15.4. The third-order valence-corrected chi connectivity index (χ3v) is 4.03. The molecule has 0 saturated carbocycles. The number of anilines is 3. The zero-order chi connectivity index (χ0) is 20.1. The van der Waals surface area contributed by atoms with Gasteiger partial charge < -0.3 is 19.8 Å². The van der Waals surface area contributed by atoms with E-state index in [9.17, 15) is 13.2 Å². The van der Waals surface area contributed by atoms with Crippen LogP contribution in [0.15, 0.2) is 34.7 Å². The second kappa shape index (κ2) is 8.75. The van der Waals surface area contributed by atoms with Crippen molar-refractivity contribution < 1.29 is 22.3 Å². The highest BCUT2D eigenvalue weighted by atomic mass is 19.2. The molecule has 3 aromatic rings. The van der Waals surface area contributed by atoms with Crippen LogP contribution >= 0.6 is 0 Å². The fourth-order valence-corrected chi connectivity index (χ4v) is 2.53. The van der Waals surface area contributed by atoms with Gasteiger partial charge >= 0.3 is 6.01 Å². The molecule has 0 aliphatic rings. The maximum absolute atomic E-state index is 14.5. The van der Waals surface area contributed by atoms with Crippen LogP contribution in [0.3, 0.4) is 0 Å². The summed E-state index contributed by atoms with van der Waals surface area (Å²) in [7, 11) is 1.55. The van der Waals surface area contributed by atoms with Gasteiger partial charge in [0.25, 0.3) is 5.89 Å². The number of halogens is 3. The molecular weight excluding hydrogens is 373 g/mol. The van der Waals surface area contributed by atoms with Crippen LogP contribution in [0.5, 0.6) is 0 Å². The van der Waals surface area contributed by atoms with Crippen LogP contribution in [-0.4, -0.2) is 30.5 Å². The average molecular weight is 392 g/mol. The van der Waals surface area contributed by atoms with Crippen molar-refractivity contribution in [3.63, 3.8) is 0 Å². The van der Waals surface area contributed by atoms with Crippen molar-refractivity contribution in [3.05, 3.63) is 53.3 Å². The Labute approximate surface area is 159 Å². The van der Waals surface area contributed by atoms with Crippen LogP contribution in [0.4, 0.5) is 30.6 Å². The van der Waals surface area contributed by atoms with E-state index < -0.39 is 17.5 Å². The Morgan fingerprint density at radius 2 is 1.89 bits per heavy atom. The second-order valence-electron chi connectivity index (χ2n) is 5.91. The number of rotatable bonds is 8. The van der Waals surface area contributed by atoms with Gasteiger partial charge in [-0.15, -0.1) is 5.10 Å². The van der Waals surface area contributed by atoms with Gasteiger partial charge in [0, 0.05) is 13.7 Å². The fourth-order valence-electron chi connectivity index (χ4n) is 2.53. The van der Waals surface area contributed by atoms with Gasteiger partial charge in [0.15, 0.2) is 11.6 Å². The Hall–Kier alpha value is -3.07. The molecule has 1 aromatic heterocycles. The van der Waals surface area contributed by atoms with Crippen LogP contribution in [0.2, 0.25) is 0 Å². The third-order valence-electron chi connectivity index (χ3n) is 4.03. The Morgan fingerprint density at radius 3 is 2.61 bits per heavy atom. The van der Waals surface area contributed by atoms with Gasteiger partial charge in [0.05, 0.1) is 23.5 Å². The van der Waals surface area contributed by atoms with Gasteiger partial charge in [-0.1, -0.05) is 18.1 Å². The highest BCUT2D eigenvalue weighted by Crippen LogP contribution is 2.34. The monoisotopic (exact) mass is 392 g/mol. The minimum absolute atomic E-state index is 0.000841. The lowest BCUT2D eigenvalue weighted by Gasteiger charge is -2.13. The minimum atomic E-state index is -1.18. The summed E-state index contributed by atoms with van der Waals surface area (Å²) in [6.45, 7) is 2.73. The number of ether oxygens (including phenoxy) is 1. The van der Waals surface area contributed by atoms with Crippen LogP contribution < -0.4 is 10.6 Å².